The molecule has 0 aliphatic carbocycles. The first kappa shape index (κ1) is 16.6. The maximum Gasteiger partial charge on any atom is 0.255 e. The van der Waals surface area contributed by atoms with E-state index in [1.165, 1.54) is 21.3 Å². The van der Waals surface area contributed by atoms with Crippen LogP contribution < -0.4 is 19.5 Å². The molecule has 3 aromatic rings. The van der Waals surface area contributed by atoms with Gasteiger partial charge in [-0.25, -0.2) is 4.98 Å². The molecule has 0 unspecified atom stereocenters. The number of aromatic amines is 1. The largest absolute Gasteiger partial charge is 0.493 e. The number of amides is 1. The van der Waals surface area contributed by atoms with Gasteiger partial charge in [0.05, 0.1) is 32.4 Å². The summed E-state index contributed by atoms with van der Waals surface area (Å²) in [5.74, 6) is 1.83. The molecule has 0 radical (unpaired) electrons. The smallest absolute Gasteiger partial charge is 0.255 e. The molecule has 7 heteroatoms. The number of hydrogen-bond acceptors (Lipinski definition) is 5. The predicted molar refractivity (Wildman–Crippen MR) is 94.9 cm³/mol. The van der Waals surface area contributed by atoms with Gasteiger partial charge in [0.2, 0.25) is 5.75 Å². The van der Waals surface area contributed by atoms with Crippen LogP contribution in [0.25, 0.3) is 11.0 Å². The minimum atomic E-state index is -0.283. The summed E-state index contributed by atoms with van der Waals surface area (Å²) in [6, 6.07) is 8.71. The minimum Gasteiger partial charge on any atom is -0.493 e. The van der Waals surface area contributed by atoms with E-state index in [2.05, 4.69) is 15.3 Å². The molecule has 1 heterocycles. The molecule has 0 fully saturated rings. The van der Waals surface area contributed by atoms with Crippen molar-refractivity contribution in [1.82, 2.24) is 9.97 Å². The fourth-order valence-electron chi connectivity index (χ4n) is 2.63. The van der Waals surface area contributed by atoms with Crippen molar-refractivity contribution in [3.05, 3.63) is 41.7 Å². The molecule has 0 aliphatic rings. The van der Waals surface area contributed by atoms with Crippen LogP contribution in [0.1, 0.15) is 16.2 Å². The zero-order valence-electron chi connectivity index (χ0n) is 14.5. The number of imidazole rings is 1. The van der Waals surface area contributed by atoms with Crippen LogP contribution in [-0.4, -0.2) is 37.2 Å². The number of H-pyrrole nitrogens is 1. The quantitative estimate of drug-likeness (QED) is 0.744. The average molecular weight is 341 g/mol. The standard InChI is InChI=1S/C18H19N3O4/c1-10-19-13-6-5-12(9-14(13)20-10)21-18(22)11-7-15(23-2)17(25-4)16(8-11)24-3/h5-9H,1-4H3,(H,19,20)(H,21,22). The van der Waals surface area contributed by atoms with Gasteiger partial charge in [0.1, 0.15) is 5.82 Å². The number of nitrogens with one attached hydrogen (secondary N) is 2. The van der Waals surface area contributed by atoms with Crippen LogP contribution in [0, 0.1) is 6.92 Å². The molecule has 7 nitrogen and oxygen atoms in total. The molecule has 0 saturated carbocycles. The molecule has 25 heavy (non-hydrogen) atoms. The maximum absolute atomic E-state index is 12.6. The number of aryl methyl sites for hydroxylation is 1. The number of hydrogen-bond donors (Lipinski definition) is 2. The lowest BCUT2D eigenvalue weighted by atomic mass is 10.1. The zero-order chi connectivity index (χ0) is 18.0. The third kappa shape index (κ3) is 3.21. The van der Waals surface area contributed by atoms with Crippen molar-refractivity contribution in [3.8, 4) is 17.2 Å². The van der Waals surface area contributed by atoms with Crippen molar-refractivity contribution >= 4 is 22.6 Å². The second kappa shape index (κ2) is 6.72. The summed E-state index contributed by atoms with van der Waals surface area (Å²) in [6.07, 6.45) is 0. The number of anilines is 1. The third-order valence-corrected chi connectivity index (χ3v) is 3.79. The molecule has 2 N–H and O–H groups in total. The van der Waals surface area contributed by atoms with Crippen LogP contribution in [0.15, 0.2) is 30.3 Å². The van der Waals surface area contributed by atoms with Crippen LogP contribution in [-0.2, 0) is 0 Å². The maximum atomic E-state index is 12.6. The predicted octanol–water partition coefficient (Wildman–Crippen LogP) is 3.15. The van der Waals surface area contributed by atoms with Gasteiger partial charge >= 0.3 is 0 Å². The molecule has 0 atom stereocenters. The number of carbonyl (C=O) groups excluding carboxylic acids is 1. The first-order valence-corrected chi connectivity index (χ1v) is 7.63. The van der Waals surface area contributed by atoms with Gasteiger partial charge in [-0.05, 0) is 37.3 Å². The normalized spacial score (nSPS) is 10.6. The molecule has 1 amide bonds. The summed E-state index contributed by atoms with van der Waals surface area (Å²) in [6.45, 7) is 1.88. The van der Waals surface area contributed by atoms with E-state index in [1.807, 2.05) is 19.1 Å². The Balaban J connectivity index is 1.91. The van der Waals surface area contributed by atoms with Crippen LogP contribution >= 0.6 is 0 Å². The van der Waals surface area contributed by atoms with Gasteiger partial charge in [-0.15, -0.1) is 0 Å². The lowest BCUT2D eigenvalue weighted by molar-refractivity contribution is 0.102. The second-order valence-corrected chi connectivity index (χ2v) is 5.42. The Hall–Kier alpha value is -3.22. The van der Waals surface area contributed by atoms with E-state index >= 15 is 0 Å². The first-order valence-electron chi connectivity index (χ1n) is 7.63. The molecular weight excluding hydrogens is 322 g/mol. The van der Waals surface area contributed by atoms with Gasteiger partial charge in [-0.1, -0.05) is 0 Å². The first-order chi connectivity index (χ1) is 12.0. The molecule has 0 bridgehead atoms. The Bertz CT molecular complexity index is 908. The Labute approximate surface area is 144 Å². The number of carbonyl (C=O) groups is 1. The van der Waals surface area contributed by atoms with Crippen LogP contribution in [0.5, 0.6) is 17.2 Å². The number of nitrogens with zero attached hydrogens (tertiary/aromatic N) is 1. The van der Waals surface area contributed by atoms with Crippen molar-refractivity contribution < 1.29 is 19.0 Å². The van der Waals surface area contributed by atoms with Gasteiger partial charge < -0.3 is 24.5 Å². The second-order valence-electron chi connectivity index (χ2n) is 5.42. The van der Waals surface area contributed by atoms with Crippen LogP contribution in [0.2, 0.25) is 0 Å². The number of fused-ring (bicyclic) bond motifs is 1. The van der Waals surface area contributed by atoms with E-state index < -0.39 is 0 Å². The summed E-state index contributed by atoms with van der Waals surface area (Å²) in [4.78, 5) is 20.1. The Morgan fingerprint density at radius 1 is 1.04 bits per heavy atom. The highest BCUT2D eigenvalue weighted by Gasteiger charge is 2.17. The highest BCUT2D eigenvalue weighted by molar-refractivity contribution is 6.05. The van der Waals surface area contributed by atoms with Crippen LogP contribution in [0.4, 0.5) is 5.69 Å². The summed E-state index contributed by atoms with van der Waals surface area (Å²) < 4.78 is 15.8. The number of aromatic nitrogens is 2. The van der Waals surface area contributed by atoms with Crippen molar-refractivity contribution in [2.75, 3.05) is 26.6 Å². The SMILES string of the molecule is COc1cc(C(=O)Nc2ccc3nc(C)[nH]c3c2)cc(OC)c1OC. The number of ether oxygens (including phenoxy) is 3. The van der Waals surface area contributed by atoms with Crippen molar-refractivity contribution in [1.29, 1.82) is 0 Å². The lowest BCUT2D eigenvalue weighted by Gasteiger charge is -2.14. The van der Waals surface area contributed by atoms with E-state index in [4.69, 9.17) is 14.2 Å². The summed E-state index contributed by atoms with van der Waals surface area (Å²) >= 11 is 0. The van der Waals surface area contributed by atoms with Gasteiger partial charge in [-0.2, -0.15) is 0 Å². The Morgan fingerprint density at radius 3 is 2.32 bits per heavy atom. The monoisotopic (exact) mass is 341 g/mol. The average Bonchev–Trinajstić information content (AvgIpc) is 2.99. The van der Waals surface area contributed by atoms with Crippen LogP contribution in [0.3, 0.4) is 0 Å². The molecule has 0 spiro atoms. The molecule has 3 rings (SSSR count). The molecule has 0 saturated heterocycles. The topological polar surface area (TPSA) is 85.5 Å². The highest BCUT2D eigenvalue weighted by Crippen LogP contribution is 2.38. The Kier molecular flexibility index (Phi) is 4.47. The summed E-state index contributed by atoms with van der Waals surface area (Å²) in [7, 11) is 4.53. The van der Waals surface area contributed by atoms with E-state index in [9.17, 15) is 4.79 Å². The lowest BCUT2D eigenvalue weighted by Crippen LogP contribution is -2.12. The zero-order valence-corrected chi connectivity index (χ0v) is 14.5. The summed E-state index contributed by atoms with van der Waals surface area (Å²) in [5.41, 5.74) is 2.77. The van der Waals surface area contributed by atoms with E-state index in [1.54, 1.807) is 18.2 Å². The van der Waals surface area contributed by atoms with Crippen molar-refractivity contribution in [2.45, 2.75) is 6.92 Å². The van der Waals surface area contributed by atoms with Gasteiger partial charge in [-0.3, -0.25) is 4.79 Å². The molecule has 130 valence electrons. The minimum absolute atomic E-state index is 0.283. The molecular formula is C18H19N3O4. The summed E-state index contributed by atoms with van der Waals surface area (Å²) in [5, 5.41) is 2.86. The van der Waals surface area contributed by atoms with E-state index in [0.717, 1.165) is 16.9 Å². The van der Waals surface area contributed by atoms with Crippen molar-refractivity contribution in [3.63, 3.8) is 0 Å². The number of methoxy groups -OCH3 is 3. The number of benzene rings is 2. The number of rotatable bonds is 5. The fraction of sp³-hybridized carbons (Fsp3) is 0.222. The molecule has 1 aromatic heterocycles. The Morgan fingerprint density at radius 2 is 1.72 bits per heavy atom. The third-order valence-electron chi connectivity index (χ3n) is 3.79. The van der Waals surface area contributed by atoms with E-state index in [0.29, 0.717) is 28.5 Å². The van der Waals surface area contributed by atoms with Crippen molar-refractivity contribution in [2.24, 2.45) is 0 Å². The van der Waals surface area contributed by atoms with Gasteiger partial charge in [0.15, 0.2) is 11.5 Å². The fourth-order valence-corrected chi connectivity index (χ4v) is 2.63. The van der Waals surface area contributed by atoms with E-state index in [-0.39, 0.29) is 5.91 Å². The van der Waals surface area contributed by atoms with Gasteiger partial charge in [0.25, 0.3) is 5.91 Å². The van der Waals surface area contributed by atoms with Gasteiger partial charge in [0, 0.05) is 11.3 Å². The molecule has 2 aromatic carbocycles. The highest BCUT2D eigenvalue weighted by atomic mass is 16.5. The molecule has 0 aliphatic heterocycles.